The molecule has 0 N–H and O–H groups in total. The molecule has 1 heteroatoms. The molecule has 0 fully saturated rings. The van der Waals surface area contributed by atoms with E-state index < -0.39 is 6.17 Å². The lowest BCUT2D eigenvalue weighted by Crippen LogP contribution is -2.06. The van der Waals surface area contributed by atoms with Gasteiger partial charge in [0.25, 0.3) is 0 Å². The van der Waals surface area contributed by atoms with Gasteiger partial charge in [0.1, 0.15) is 6.17 Å². The van der Waals surface area contributed by atoms with Gasteiger partial charge in [-0.1, -0.05) is 24.3 Å². The Morgan fingerprint density at radius 3 is 1.38 bits per heavy atom. The van der Waals surface area contributed by atoms with E-state index in [0.717, 1.165) is 0 Å². The monoisotopic (exact) mass is 110 g/mol. The molecule has 0 aromatic rings. The maximum absolute atomic E-state index is 12.6. The summed E-state index contributed by atoms with van der Waals surface area (Å²) >= 11 is 0. The summed E-state index contributed by atoms with van der Waals surface area (Å²) in [6, 6.07) is 0. The molecule has 0 heterocycles. The summed E-state index contributed by atoms with van der Waals surface area (Å²) in [7, 11) is 0. The molecule has 0 amide bonds. The van der Waals surface area contributed by atoms with E-state index in [1.807, 2.05) is 24.3 Å². The minimum absolute atomic E-state index is 0.111. The van der Waals surface area contributed by atoms with Gasteiger partial charge in [-0.05, 0) is 0 Å². The largest absolute Gasteiger partial charge is 0.245 e. The predicted molar refractivity (Wildman–Crippen MR) is 30.2 cm³/mol. The van der Waals surface area contributed by atoms with Crippen molar-refractivity contribution in [2.75, 3.05) is 0 Å². The maximum atomic E-state index is 12.6. The lowest BCUT2D eigenvalue weighted by atomic mass is 10.1. The Labute approximate surface area is 47.7 Å². The Hall–Kier alpha value is -0.590. The van der Waals surface area contributed by atoms with E-state index in [0.29, 0.717) is 0 Å². The quantitative estimate of drug-likeness (QED) is 0.416. The van der Waals surface area contributed by atoms with Crippen LogP contribution in [0, 0.1) is 11.8 Å². The van der Waals surface area contributed by atoms with Gasteiger partial charge in [0.2, 0.25) is 0 Å². The van der Waals surface area contributed by atoms with Crippen molar-refractivity contribution >= 4 is 0 Å². The maximum Gasteiger partial charge on any atom is 0.119 e. The SMILES string of the molecule is FC1C2C=CC1C=C2. The molecule has 0 spiro atoms. The molecule has 8 heavy (non-hydrogen) atoms. The van der Waals surface area contributed by atoms with Crippen LogP contribution in [0.25, 0.3) is 0 Å². The van der Waals surface area contributed by atoms with Gasteiger partial charge in [0.15, 0.2) is 0 Å². The average molecular weight is 110 g/mol. The van der Waals surface area contributed by atoms with Crippen LogP contribution in [0.15, 0.2) is 24.3 Å². The van der Waals surface area contributed by atoms with Crippen LogP contribution in [0.5, 0.6) is 0 Å². The summed E-state index contributed by atoms with van der Waals surface area (Å²) in [6.07, 6.45) is 7.13. The van der Waals surface area contributed by atoms with Gasteiger partial charge in [-0.25, -0.2) is 4.39 Å². The zero-order valence-electron chi connectivity index (χ0n) is 4.42. The summed E-state index contributed by atoms with van der Waals surface area (Å²) in [5.74, 6) is 0.222. The van der Waals surface area contributed by atoms with Crippen LogP contribution in [0.1, 0.15) is 0 Å². The van der Waals surface area contributed by atoms with Gasteiger partial charge in [0, 0.05) is 11.8 Å². The highest BCUT2D eigenvalue weighted by Gasteiger charge is 2.32. The predicted octanol–water partition coefficient (Wildman–Crippen LogP) is 1.70. The van der Waals surface area contributed by atoms with Crippen molar-refractivity contribution in [3.8, 4) is 0 Å². The van der Waals surface area contributed by atoms with Crippen LogP contribution < -0.4 is 0 Å². The number of hydrogen-bond acceptors (Lipinski definition) is 0. The number of hydrogen-bond donors (Lipinski definition) is 0. The minimum Gasteiger partial charge on any atom is -0.245 e. The molecule has 2 rings (SSSR count). The number of alkyl halides is 1. The van der Waals surface area contributed by atoms with Crippen LogP contribution in [-0.2, 0) is 0 Å². The number of rotatable bonds is 0. The van der Waals surface area contributed by atoms with Crippen LogP contribution in [0.3, 0.4) is 0 Å². The molecule has 0 aromatic heterocycles. The molecule has 0 saturated carbocycles. The van der Waals surface area contributed by atoms with Gasteiger partial charge in [0.05, 0.1) is 0 Å². The minimum atomic E-state index is -0.630. The molecule has 0 radical (unpaired) electrons. The fourth-order valence-corrected chi connectivity index (χ4v) is 1.32. The Bertz CT molecular complexity index is 128. The van der Waals surface area contributed by atoms with E-state index in [2.05, 4.69) is 0 Å². The highest BCUT2D eigenvalue weighted by molar-refractivity contribution is 5.25. The normalized spacial score (nSPS) is 48.9. The Morgan fingerprint density at radius 2 is 1.25 bits per heavy atom. The first-order valence-electron chi connectivity index (χ1n) is 2.88. The van der Waals surface area contributed by atoms with E-state index >= 15 is 0 Å². The van der Waals surface area contributed by atoms with E-state index in [1.165, 1.54) is 0 Å². The smallest absolute Gasteiger partial charge is 0.119 e. The van der Waals surface area contributed by atoms with Crippen molar-refractivity contribution in [2.24, 2.45) is 11.8 Å². The first-order chi connectivity index (χ1) is 3.88. The summed E-state index contributed by atoms with van der Waals surface area (Å²) in [4.78, 5) is 0. The molecule has 0 aliphatic heterocycles. The number of allylic oxidation sites excluding steroid dienone is 4. The number of fused-ring (bicyclic) bond motifs is 2. The van der Waals surface area contributed by atoms with Crippen molar-refractivity contribution in [2.45, 2.75) is 6.17 Å². The van der Waals surface area contributed by atoms with Crippen molar-refractivity contribution < 1.29 is 4.39 Å². The third kappa shape index (κ3) is 0.347. The summed E-state index contributed by atoms with van der Waals surface area (Å²) in [5.41, 5.74) is 0. The molecule has 2 bridgehead atoms. The zero-order valence-corrected chi connectivity index (χ0v) is 4.42. The molecular weight excluding hydrogens is 103 g/mol. The van der Waals surface area contributed by atoms with Crippen molar-refractivity contribution in [1.82, 2.24) is 0 Å². The molecule has 0 nitrogen and oxygen atoms in total. The molecular formula is C7H7F. The second-order valence-electron chi connectivity index (χ2n) is 2.37. The fourth-order valence-electron chi connectivity index (χ4n) is 1.32. The zero-order chi connectivity index (χ0) is 5.56. The first kappa shape index (κ1) is 4.30. The molecule has 2 aliphatic rings. The third-order valence-corrected chi connectivity index (χ3v) is 1.85. The van der Waals surface area contributed by atoms with Crippen molar-refractivity contribution in [1.29, 1.82) is 0 Å². The third-order valence-electron chi connectivity index (χ3n) is 1.85. The fraction of sp³-hybridized carbons (Fsp3) is 0.429. The molecule has 42 valence electrons. The van der Waals surface area contributed by atoms with E-state index in [4.69, 9.17) is 0 Å². The van der Waals surface area contributed by atoms with Crippen LogP contribution in [-0.4, -0.2) is 6.17 Å². The van der Waals surface area contributed by atoms with Gasteiger partial charge in [-0.3, -0.25) is 0 Å². The van der Waals surface area contributed by atoms with E-state index in [1.54, 1.807) is 0 Å². The molecule has 2 aliphatic carbocycles. The average Bonchev–Trinajstić information content (AvgIpc) is 2.29. The van der Waals surface area contributed by atoms with Crippen molar-refractivity contribution in [3.05, 3.63) is 24.3 Å². The van der Waals surface area contributed by atoms with Gasteiger partial charge in [-0.2, -0.15) is 0 Å². The standard InChI is InChI=1S/C7H7F/c8-7-5-1-2-6(7)4-3-5/h1-7H. The highest BCUT2D eigenvalue weighted by Crippen LogP contribution is 2.34. The van der Waals surface area contributed by atoms with Crippen molar-refractivity contribution in [3.63, 3.8) is 0 Å². The molecule has 0 aromatic carbocycles. The van der Waals surface area contributed by atoms with E-state index in [9.17, 15) is 4.39 Å². The topological polar surface area (TPSA) is 0 Å². The second kappa shape index (κ2) is 1.22. The van der Waals surface area contributed by atoms with Gasteiger partial charge >= 0.3 is 0 Å². The van der Waals surface area contributed by atoms with Crippen LogP contribution in [0.2, 0.25) is 0 Å². The lowest BCUT2D eigenvalue weighted by Gasteiger charge is -2.01. The molecule has 0 saturated heterocycles. The van der Waals surface area contributed by atoms with Crippen LogP contribution in [0.4, 0.5) is 4.39 Å². The Morgan fingerprint density at radius 1 is 0.875 bits per heavy atom. The molecule has 0 unspecified atom stereocenters. The van der Waals surface area contributed by atoms with Crippen LogP contribution >= 0.6 is 0 Å². The highest BCUT2D eigenvalue weighted by atomic mass is 19.1. The van der Waals surface area contributed by atoms with Gasteiger partial charge in [-0.15, -0.1) is 0 Å². The number of halogens is 1. The summed E-state index contributed by atoms with van der Waals surface area (Å²) < 4.78 is 12.6. The summed E-state index contributed by atoms with van der Waals surface area (Å²) in [5, 5.41) is 0. The lowest BCUT2D eigenvalue weighted by molar-refractivity contribution is 0.289. The van der Waals surface area contributed by atoms with Gasteiger partial charge < -0.3 is 0 Å². The Balaban J connectivity index is 2.34. The second-order valence-corrected chi connectivity index (χ2v) is 2.37. The Kier molecular flexibility index (Phi) is 0.655. The summed E-state index contributed by atoms with van der Waals surface area (Å²) in [6.45, 7) is 0. The molecule has 0 atom stereocenters. The van der Waals surface area contributed by atoms with E-state index in [-0.39, 0.29) is 11.8 Å². The first-order valence-corrected chi connectivity index (χ1v) is 2.88.